The fourth-order valence-electron chi connectivity index (χ4n) is 4.10. The molecule has 0 bridgehead atoms. The number of nitrogens with zero attached hydrogens (tertiary/aromatic N) is 4. The number of hydrogen-bond acceptors (Lipinski definition) is 6. The van der Waals surface area contributed by atoms with Crippen LogP contribution in [-0.4, -0.2) is 35.9 Å². The summed E-state index contributed by atoms with van der Waals surface area (Å²) in [5, 5.41) is 12.7. The van der Waals surface area contributed by atoms with E-state index < -0.39 is 11.2 Å². The lowest BCUT2D eigenvalue weighted by molar-refractivity contribution is -0.124. The van der Waals surface area contributed by atoms with Crippen molar-refractivity contribution in [2.24, 2.45) is 11.7 Å². The summed E-state index contributed by atoms with van der Waals surface area (Å²) in [5.74, 6) is -0.0469. The molecule has 1 atom stereocenters. The molecule has 1 aromatic carbocycles. The van der Waals surface area contributed by atoms with Crippen LogP contribution >= 0.6 is 11.8 Å². The van der Waals surface area contributed by atoms with Crippen molar-refractivity contribution in [1.29, 1.82) is 5.26 Å². The van der Waals surface area contributed by atoms with Gasteiger partial charge in [-0.15, -0.1) is 0 Å². The number of piperidine rings is 1. The van der Waals surface area contributed by atoms with Gasteiger partial charge in [0, 0.05) is 25.0 Å². The zero-order chi connectivity index (χ0) is 25.5. The normalized spacial score (nSPS) is 14.7. The van der Waals surface area contributed by atoms with Crippen LogP contribution in [0.5, 0.6) is 0 Å². The largest absolute Gasteiger partial charge is 0.368 e. The Hall–Kier alpha value is -3.56. The fourth-order valence-corrected chi connectivity index (χ4v) is 5.16. The van der Waals surface area contributed by atoms with Gasteiger partial charge in [0.1, 0.15) is 22.2 Å². The van der Waals surface area contributed by atoms with Gasteiger partial charge in [-0.05, 0) is 30.4 Å². The third-order valence-corrected chi connectivity index (χ3v) is 7.31. The number of pyridine rings is 1. The zero-order valence-electron chi connectivity index (χ0n) is 20.2. The highest BCUT2D eigenvalue weighted by molar-refractivity contribution is 8.00. The molecule has 1 saturated heterocycles. The summed E-state index contributed by atoms with van der Waals surface area (Å²) in [6.45, 7) is 14.7. The van der Waals surface area contributed by atoms with E-state index in [4.69, 9.17) is 17.3 Å². The number of nitriles is 1. The Morgan fingerprint density at radius 3 is 2.49 bits per heavy atom. The number of primary amides is 1. The van der Waals surface area contributed by atoms with E-state index in [1.165, 1.54) is 0 Å². The molecule has 3 rings (SSSR count). The van der Waals surface area contributed by atoms with Gasteiger partial charge < -0.3 is 16.0 Å². The van der Waals surface area contributed by atoms with Gasteiger partial charge in [-0.25, -0.2) is 9.83 Å². The van der Waals surface area contributed by atoms with Crippen molar-refractivity contribution in [1.82, 2.24) is 10.3 Å². The summed E-state index contributed by atoms with van der Waals surface area (Å²) in [6.07, 6.45) is 1.95. The van der Waals surface area contributed by atoms with Crippen LogP contribution in [0.2, 0.25) is 0 Å². The molecule has 1 aliphatic heterocycles. The van der Waals surface area contributed by atoms with E-state index in [0.29, 0.717) is 47.2 Å². The molecule has 1 aromatic heterocycles. The predicted octanol–water partition coefficient (Wildman–Crippen LogP) is 4.13. The smallest absolute Gasteiger partial charge is 0.235 e. The van der Waals surface area contributed by atoms with Crippen LogP contribution in [0.15, 0.2) is 35.4 Å². The first-order valence-corrected chi connectivity index (χ1v) is 12.6. The van der Waals surface area contributed by atoms with Crippen LogP contribution < -0.4 is 16.0 Å². The molecule has 2 heterocycles. The second-order valence-electron chi connectivity index (χ2n) is 8.76. The second kappa shape index (κ2) is 11.7. The summed E-state index contributed by atoms with van der Waals surface area (Å²) < 4.78 is 0. The summed E-state index contributed by atoms with van der Waals surface area (Å²) in [6, 6.07) is 11.4. The molecule has 0 radical (unpaired) electrons. The van der Waals surface area contributed by atoms with Crippen LogP contribution in [-0.2, 0) is 16.0 Å². The maximum absolute atomic E-state index is 12.3. The van der Waals surface area contributed by atoms with Gasteiger partial charge >= 0.3 is 0 Å². The minimum absolute atomic E-state index is 0.0344. The van der Waals surface area contributed by atoms with Crippen molar-refractivity contribution in [3.05, 3.63) is 58.4 Å². The third-order valence-electron chi connectivity index (χ3n) is 6.05. The number of aromatic nitrogens is 1. The standard InChI is InChI=1S/C26H30N6O2S/c1-5-19-20(15-27)26(35-22(23(28)33)17-9-7-6-8-10-17)31-24(21(19)29-4)32-13-11-18(12-14-32)30-25(34)16(2)3/h6-10,16,18,22H,5,11-14H2,1-3H3,(H2,28,33)(H,30,34). The molecule has 0 saturated carbocycles. The van der Waals surface area contributed by atoms with Crippen molar-refractivity contribution in [2.75, 3.05) is 18.0 Å². The number of hydrogen-bond donors (Lipinski definition) is 2. The Kier molecular flexibility index (Phi) is 8.73. The Bertz CT molecular complexity index is 1160. The van der Waals surface area contributed by atoms with Crippen LogP contribution in [0, 0.1) is 23.8 Å². The van der Waals surface area contributed by atoms with Crippen molar-refractivity contribution < 1.29 is 9.59 Å². The lowest BCUT2D eigenvalue weighted by Crippen LogP contribution is -2.46. The highest BCUT2D eigenvalue weighted by atomic mass is 32.2. The minimum atomic E-state index is -0.718. The quantitative estimate of drug-likeness (QED) is 0.425. The Labute approximate surface area is 210 Å². The molecule has 1 unspecified atom stereocenters. The van der Waals surface area contributed by atoms with E-state index in [-0.39, 0.29) is 17.9 Å². The highest BCUT2D eigenvalue weighted by Gasteiger charge is 2.29. The number of nitrogens with one attached hydrogen (secondary N) is 1. The molecule has 9 heteroatoms. The van der Waals surface area contributed by atoms with Gasteiger partial charge in [0.05, 0.1) is 12.1 Å². The van der Waals surface area contributed by atoms with E-state index in [1.54, 1.807) is 0 Å². The first kappa shape index (κ1) is 26.1. The first-order chi connectivity index (χ1) is 16.8. The number of amides is 2. The molecule has 182 valence electrons. The molecule has 1 fully saturated rings. The summed E-state index contributed by atoms with van der Waals surface area (Å²) >= 11 is 1.15. The predicted molar refractivity (Wildman–Crippen MR) is 137 cm³/mol. The first-order valence-electron chi connectivity index (χ1n) is 11.7. The SMILES string of the molecule is [C-]#[N+]c1c(N2CCC(NC(=O)C(C)C)CC2)nc(SC(C(N)=O)c2ccccc2)c(C#N)c1CC. The second-order valence-corrected chi connectivity index (χ2v) is 9.85. The van der Waals surface area contributed by atoms with Crippen molar-refractivity contribution in [3.63, 3.8) is 0 Å². The van der Waals surface area contributed by atoms with Gasteiger partial charge in [-0.2, -0.15) is 5.26 Å². The van der Waals surface area contributed by atoms with Gasteiger partial charge in [-0.1, -0.05) is 62.9 Å². The number of benzene rings is 1. The van der Waals surface area contributed by atoms with E-state index in [9.17, 15) is 14.9 Å². The molecule has 2 amide bonds. The van der Waals surface area contributed by atoms with Gasteiger partial charge in [0.25, 0.3) is 0 Å². The van der Waals surface area contributed by atoms with Crippen LogP contribution in [0.4, 0.5) is 11.5 Å². The molecule has 0 spiro atoms. The summed E-state index contributed by atoms with van der Waals surface area (Å²) in [4.78, 5) is 35.0. The van der Waals surface area contributed by atoms with Gasteiger partial charge in [0.2, 0.25) is 17.5 Å². The molecule has 8 nitrogen and oxygen atoms in total. The Morgan fingerprint density at radius 1 is 1.31 bits per heavy atom. The Balaban J connectivity index is 1.97. The monoisotopic (exact) mass is 490 g/mol. The molecule has 1 aliphatic rings. The number of anilines is 1. The summed E-state index contributed by atoms with van der Waals surface area (Å²) in [5.41, 5.74) is 7.76. The van der Waals surface area contributed by atoms with E-state index in [2.05, 4.69) is 16.2 Å². The number of thioether (sulfide) groups is 1. The lowest BCUT2D eigenvalue weighted by Gasteiger charge is -2.34. The van der Waals surface area contributed by atoms with Crippen LogP contribution in [0.1, 0.15) is 55.6 Å². The van der Waals surface area contributed by atoms with Crippen LogP contribution in [0.25, 0.3) is 4.85 Å². The fraction of sp³-hybridized carbons (Fsp3) is 0.423. The molecule has 0 aliphatic carbocycles. The lowest BCUT2D eigenvalue weighted by atomic mass is 10.0. The van der Waals surface area contributed by atoms with E-state index in [1.807, 2.05) is 56.0 Å². The summed E-state index contributed by atoms with van der Waals surface area (Å²) in [7, 11) is 0. The molecular weight excluding hydrogens is 460 g/mol. The molecule has 35 heavy (non-hydrogen) atoms. The van der Waals surface area contributed by atoms with E-state index >= 15 is 0 Å². The minimum Gasteiger partial charge on any atom is -0.368 e. The van der Waals surface area contributed by atoms with E-state index in [0.717, 1.165) is 30.2 Å². The Morgan fingerprint density at radius 2 is 1.97 bits per heavy atom. The highest BCUT2D eigenvalue weighted by Crippen LogP contribution is 2.43. The third kappa shape index (κ3) is 5.93. The average molecular weight is 491 g/mol. The number of carbonyl (C=O) groups is 2. The number of rotatable bonds is 8. The average Bonchev–Trinajstić information content (AvgIpc) is 2.86. The number of carbonyl (C=O) groups excluding carboxylic acids is 2. The zero-order valence-corrected chi connectivity index (χ0v) is 21.1. The maximum Gasteiger partial charge on any atom is 0.235 e. The molecule has 2 aromatic rings. The van der Waals surface area contributed by atoms with Gasteiger partial charge in [0.15, 0.2) is 0 Å². The molecular formula is C26H30N6O2S. The van der Waals surface area contributed by atoms with Crippen molar-refractivity contribution in [3.8, 4) is 6.07 Å². The topological polar surface area (TPSA) is 116 Å². The van der Waals surface area contributed by atoms with Crippen molar-refractivity contribution in [2.45, 2.75) is 56.4 Å². The maximum atomic E-state index is 12.3. The van der Waals surface area contributed by atoms with Crippen molar-refractivity contribution >= 4 is 35.1 Å². The molecule has 3 N–H and O–H groups in total. The van der Waals surface area contributed by atoms with Gasteiger partial charge in [-0.3, -0.25) is 9.59 Å². The number of nitrogens with two attached hydrogens (primary N) is 1. The van der Waals surface area contributed by atoms with Crippen LogP contribution in [0.3, 0.4) is 0 Å².